The largest absolute Gasteiger partial charge is 0.481 e. The van der Waals surface area contributed by atoms with E-state index in [1.807, 2.05) is 19.1 Å². The molecule has 1 aromatic rings. The van der Waals surface area contributed by atoms with Gasteiger partial charge in [0.1, 0.15) is 0 Å². The van der Waals surface area contributed by atoms with E-state index < -0.39 is 12.0 Å². The third-order valence-corrected chi connectivity index (χ3v) is 2.57. The summed E-state index contributed by atoms with van der Waals surface area (Å²) in [5, 5.41) is 13.5. The lowest BCUT2D eigenvalue weighted by Gasteiger charge is -2.09. The Morgan fingerprint density at radius 1 is 1.41 bits per heavy atom. The van der Waals surface area contributed by atoms with Crippen LogP contribution in [-0.2, 0) is 4.79 Å². The van der Waals surface area contributed by atoms with Crippen LogP contribution in [0.15, 0.2) is 22.7 Å². The number of rotatable bonds is 4. The van der Waals surface area contributed by atoms with Crippen LogP contribution < -0.4 is 10.6 Å². The number of halogens is 1. The maximum atomic E-state index is 11.4. The minimum Gasteiger partial charge on any atom is -0.481 e. The normalized spacial score (nSPS) is 9.76. The van der Waals surface area contributed by atoms with Gasteiger partial charge in [-0.25, -0.2) is 4.79 Å². The summed E-state index contributed by atoms with van der Waals surface area (Å²) in [6.45, 7) is 1.98. The lowest BCUT2D eigenvalue weighted by molar-refractivity contribution is -0.136. The molecule has 0 aliphatic carbocycles. The SMILES string of the molecule is Cc1ccc(Br)cc1NC(=O)NCCC(=O)O. The summed E-state index contributed by atoms with van der Waals surface area (Å²) in [7, 11) is 0. The first-order chi connectivity index (χ1) is 7.99. The zero-order valence-corrected chi connectivity index (χ0v) is 10.9. The molecule has 5 nitrogen and oxygen atoms in total. The number of urea groups is 1. The Morgan fingerprint density at radius 2 is 2.12 bits per heavy atom. The standard InChI is InChI=1S/C11H13BrN2O3/c1-7-2-3-8(12)6-9(7)14-11(17)13-5-4-10(15)16/h2-3,6H,4-5H2,1H3,(H,15,16)(H2,13,14,17). The fraction of sp³-hybridized carbons (Fsp3) is 0.273. The van der Waals surface area contributed by atoms with Gasteiger partial charge in [-0.2, -0.15) is 0 Å². The molecule has 3 N–H and O–H groups in total. The smallest absolute Gasteiger partial charge is 0.319 e. The van der Waals surface area contributed by atoms with Gasteiger partial charge in [0.2, 0.25) is 0 Å². The van der Waals surface area contributed by atoms with E-state index in [2.05, 4.69) is 26.6 Å². The van der Waals surface area contributed by atoms with Crippen LogP contribution in [0.4, 0.5) is 10.5 Å². The van der Waals surface area contributed by atoms with Gasteiger partial charge < -0.3 is 15.7 Å². The Kier molecular flexibility index (Phi) is 4.96. The van der Waals surface area contributed by atoms with E-state index in [1.165, 1.54) is 0 Å². The van der Waals surface area contributed by atoms with Crippen molar-refractivity contribution in [2.75, 3.05) is 11.9 Å². The molecular formula is C11H13BrN2O3. The quantitative estimate of drug-likeness (QED) is 0.799. The number of carbonyl (C=O) groups excluding carboxylic acids is 1. The number of benzene rings is 1. The van der Waals surface area contributed by atoms with Crippen LogP contribution in [0.5, 0.6) is 0 Å². The molecule has 0 aliphatic heterocycles. The molecule has 0 aliphatic rings. The molecule has 6 heteroatoms. The van der Waals surface area contributed by atoms with E-state index in [4.69, 9.17) is 5.11 Å². The fourth-order valence-corrected chi connectivity index (χ4v) is 1.54. The van der Waals surface area contributed by atoms with Crippen molar-refractivity contribution in [1.29, 1.82) is 0 Å². The third-order valence-electron chi connectivity index (χ3n) is 2.07. The molecule has 0 saturated heterocycles. The van der Waals surface area contributed by atoms with Crippen molar-refractivity contribution in [2.24, 2.45) is 0 Å². The number of hydrogen-bond acceptors (Lipinski definition) is 2. The minimum atomic E-state index is -0.941. The number of carboxylic acids is 1. The maximum absolute atomic E-state index is 11.4. The molecule has 92 valence electrons. The number of hydrogen-bond donors (Lipinski definition) is 3. The van der Waals surface area contributed by atoms with Crippen LogP contribution in [0.25, 0.3) is 0 Å². The van der Waals surface area contributed by atoms with Crippen LogP contribution >= 0.6 is 15.9 Å². The van der Waals surface area contributed by atoms with Gasteiger partial charge in [0.05, 0.1) is 6.42 Å². The van der Waals surface area contributed by atoms with Gasteiger partial charge in [0.15, 0.2) is 0 Å². The monoisotopic (exact) mass is 300 g/mol. The Hall–Kier alpha value is -1.56. The van der Waals surface area contributed by atoms with Crippen molar-refractivity contribution < 1.29 is 14.7 Å². The zero-order chi connectivity index (χ0) is 12.8. The molecule has 17 heavy (non-hydrogen) atoms. The van der Waals surface area contributed by atoms with Crippen molar-refractivity contribution in [3.8, 4) is 0 Å². The van der Waals surface area contributed by atoms with E-state index in [0.29, 0.717) is 5.69 Å². The number of anilines is 1. The maximum Gasteiger partial charge on any atom is 0.319 e. The van der Waals surface area contributed by atoms with E-state index >= 15 is 0 Å². The Labute approximate surface area is 107 Å². The highest BCUT2D eigenvalue weighted by Crippen LogP contribution is 2.20. The topological polar surface area (TPSA) is 78.4 Å². The van der Waals surface area contributed by atoms with Crippen molar-refractivity contribution in [3.63, 3.8) is 0 Å². The van der Waals surface area contributed by atoms with Gasteiger partial charge in [-0.1, -0.05) is 22.0 Å². The van der Waals surface area contributed by atoms with Gasteiger partial charge in [-0.15, -0.1) is 0 Å². The first-order valence-electron chi connectivity index (χ1n) is 5.02. The second-order valence-corrected chi connectivity index (χ2v) is 4.40. The highest BCUT2D eigenvalue weighted by atomic mass is 79.9. The third kappa shape index (κ3) is 4.86. The first-order valence-corrected chi connectivity index (χ1v) is 5.81. The van der Waals surface area contributed by atoms with Gasteiger partial charge >= 0.3 is 12.0 Å². The average molecular weight is 301 g/mol. The lowest BCUT2D eigenvalue weighted by Crippen LogP contribution is -2.30. The van der Waals surface area contributed by atoms with Gasteiger partial charge in [0.25, 0.3) is 0 Å². The number of aliphatic carboxylic acids is 1. The molecule has 2 amide bonds. The molecule has 0 bridgehead atoms. The summed E-state index contributed by atoms with van der Waals surface area (Å²) in [5.74, 6) is -0.941. The highest BCUT2D eigenvalue weighted by Gasteiger charge is 2.05. The summed E-state index contributed by atoms with van der Waals surface area (Å²) < 4.78 is 0.865. The predicted octanol–water partition coefficient (Wildman–Crippen LogP) is 2.35. The predicted molar refractivity (Wildman–Crippen MR) is 68.2 cm³/mol. The number of carbonyl (C=O) groups is 2. The van der Waals surface area contributed by atoms with Gasteiger partial charge in [-0.3, -0.25) is 4.79 Å². The highest BCUT2D eigenvalue weighted by molar-refractivity contribution is 9.10. The minimum absolute atomic E-state index is 0.0924. The molecule has 0 saturated carbocycles. The molecule has 0 heterocycles. The molecule has 0 spiro atoms. The molecular weight excluding hydrogens is 288 g/mol. The van der Waals surface area contributed by atoms with Crippen molar-refractivity contribution in [3.05, 3.63) is 28.2 Å². The molecule has 1 rings (SSSR count). The van der Waals surface area contributed by atoms with E-state index in [-0.39, 0.29) is 13.0 Å². The number of carboxylic acid groups (broad SMARTS) is 1. The zero-order valence-electron chi connectivity index (χ0n) is 9.29. The summed E-state index contributed by atoms with van der Waals surface area (Å²) in [4.78, 5) is 21.7. The van der Waals surface area contributed by atoms with Gasteiger partial charge in [0, 0.05) is 16.7 Å². The number of aryl methyl sites for hydroxylation is 1. The number of amides is 2. The first kappa shape index (κ1) is 13.5. The lowest BCUT2D eigenvalue weighted by atomic mass is 10.2. The second kappa shape index (κ2) is 6.24. The van der Waals surface area contributed by atoms with Crippen LogP contribution in [-0.4, -0.2) is 23.7 Å². The molecule has 0 atom stereocenters. The molecule has 0 aromatic heterocycles. The molecule has 0 fully saturated rings. The summed E-state index contributed by atoms with van der Waals surface area (Å²) in [5.41, 5.74) is 1.62. The van der Waals surface area contributed by atoms with Gasteiger partial charge in [-0.05, 0) is 24.6 Å². The van der Waals surface area contributed by atoms with Crippen molar-refractivity contribution in [2.45, 2.75) is 13.3 Å². The van der Waals surface area contributed by atoms with E-state index in [9.17, 15) is 9.59 Å². The van der Waals surface area contributed by atoms with Crippen LogP contribution in [0.2, 0.25) is 0 Å². The van der Waals surface area contributed by atoms with Crippen LogP contribution in [0, 0.1) is 6.92 Å². The number of nitrogens with one attached hydrogen (secondary N) is 2. The molecule has 0 unspecified atom stereocenters. The van der Waals surface area contributed by atoms with Crippen LogP contribution in [0.3, 0.4) is 0 Å². The summed E-state index contributed by atoms with van der Waals surface area (Å²) in [6.07, 6.45) is -0.0924. The second-order valence-electron chi connectivity index (χ2n) is 3.48. The van der Waals surface area contributed by atoms with Crippen LogP contribution in [0.1, 0.15) is 12.0 Å². The Bertz CT molecular complexity index is 435. The summed E-state index contributed by atoms with van der Waals surface area (Å²) >= 11 is 3.31. The molecule has 1 aromatic carbocycles. The fourth-order valence-electron chi connectivity index (χ4n) is 1.18. The van der Waals surface area contributed by atoms with Crippen molar-refractivity contribution in [1.82, 2.24) is 5.32 Å². The van der Waals surface area contributed by atoms with Crippen molar-refractivity contribution >= 4 is 33.6 Å². The summed E-state index contributed by atoms with van der Waals surface area (Å²) in [6, 6.07) is 5.12. The van der Waals surface area contributed by atoms with E-state index in [1.54, 1.807) is 6.07 Å². The van der Waals surface area contributed by atoms with E-state index in [0.717, 1.165) is 10.0 Å². The average Bonchev–Trinajstić information content (AvgIpc) is 2.23. The molecule has 0 radical (unpaired) electrons. The Balaban J connectivity index is 2.50. The Morgan fingerprint density at radius 3 is 2.76 bits per heavy atom.